The van der Waals surface area contributed by atoms with Crippen molar-refractivity contribution in [2.45, 2.75) is 25.9 Å². The second-order valence-corrected chi connectivity index (χ2v) is 7.21. The second-order valence-electron chi connectivity index (χ2n) is 7.21. The lowest BCUT2D eigenvalue weighted by molar-refractivity contribution is -0.121. The van der Waals surface area contributed by atoms with Crippen molar-refractivity contribution in [3.63, 3.8) is 0 Å². The minimum absolute atomic E-state index is 0.0830. The maximum Gasteiger partial charge on any atom is 0.220 e. The van der Waals surface area contributed by atoms with Crippen molar-refractivity contribution in [1.82, 2.24) is 19.9 Å². The van der Waals surface area contributed by atoms with Gasteiger partial charge in [0, 0.05) is 25.6 Å². The molecule has 2 aromatic heterocycles. The maximum atomic E-state index is 13.0. The number of aryl methyl sites for hydroxylation is 1. The lowest BCUT2D eigenvalue weighted by Crippen LogP contribution is -2.23. The first-order valence-electron chi connectivity index (χ1n) is 10.1. The van der Waals surface area contributed by atoms with Crippen molar-refractivity contribution in [2.24, 2.45) is 0 Å². The lowest BCUT2D eigenvalue weighted by Gasteiger charge is -2.10. The van der Waals surface area contributed by atoms with Crippen LogP contribution in [0.2, 0.25) is 0 Å². The molecule has 0 spiro atoms. The van der Waals surface area contributed by atoms with Crippen LogP contribution in [0, 0.1) is 5.82 Å². The zero-order valence-corrected chi connectivity index (χ0v) is 17.2. The summed E-state index contributed by atoms with van der Waals surface area (Å²) in [5, 5.41) is 2.88. The van der Waals surface area contributed by atoms with E-state index in [4.69, 9.17) is 9.72 Å². The van der Waals surface area contributed by atoms with Crippen molar-refractivity contribution < 1.29 is 13.9 Å². The molecule has 4 aromatic rings. The number of fused-ring (bicyclic) bond motifs is 1. The zero-order chi connectivity index (χ0) is 21.6. The molecule has 0 aliphatic carbocycles. The van der Waals surface area contributed by atoms with Gasteiger partial charge in [-0.1, -0.05) is 24.3 Å². The molecule has 2 heterocycles. The first-order chi connectivity index (χ1) is 15.1. The SMILES string of the molecule is COc1ccc(Cn2c(CCC(=O)NCc3ccc(F)cc3)nc3cccnc32)cc1. The number of rotatable bonds is 8. The number of hydrogen-bond acceptors (Lipinski definition) is 4. The Balaban J connectivity index is 1.45. The van der Waals surface area contributed by atoms with E-state index in [1.807, 2.05) is 41.0 Å². The van der Waals surface area contributed by atoms with Crippen LogP contribution in [0.15, 0.2) is 66.9 Å². The fourth-order valence-electron chi connectivity index (χ4n) is 3.39. The fourth-order valence-corrected chi connectivity index (χ4v) is 3.39. The molecule has 1 amide bonds. The smallest absolute Gasteiger partial charge is 0.220 e. The van der Waals surface area contributed by atoms with Gasteiger partial charge >= 0.3 is 0 Å². The quantitative estimate of drug-likeness (QED) is 0.472. The molecule has 0 fully saturated rings. The molecule has 1 N–H and O–H groups in total. The molecule has 4 rings (SSSR count). The molecular formula is C24H23FN4O2. The molecule has 158 valence electrons. The molecule has 7 heteroatoms. The largest absolute Gasteiger partial charge is 0.497 e. The Bertz CT molecular complexity index is 1170. The van der Waals surface area contributed by atoms with Crippen molar-refractivity contribution in [3.8, 4) is 5.75 Å². The Morgan fingerprint density at radius 1 is 1.06 bits per heavy atom. The molecule has 6 nitrogen and oxygen atoms in total. The van der Waals surface area contributed by atoms with Gasteiger partial charge in [-0.2, -0.15) is 0 Å². The third-order valence-electron chi connectivity index (χ3n) is 5.06. The Morgan fingerprint density at radius 2 is 1.81 bits per heavy atom. The molecule has 2 aromatic carbocycles. The van der Waals surface area contributed by atoms with E-state index in [1.54, 1.807) is 25.4 Å². The highest BCUT2D eigenvalue weighted by Crippen LogP contribution is 2.19. The number of amides is 1. The molecule has 0 saturated carbocycles. The van der Waals surface area contributed by atoms with Gasteiger partial charge in [-0.3, -0.25) is 4.79 Å². The molecule has 31 heavy (non-hydrogen) atoms. The van der Waals surface area contributed by atoms with Crippen LogP contribution in [0.5, 0.6) is 5.75 Å². The van der Waals surface area contributed by atoms with E-state index in [-0.39, 0.29) is 11.7 Å². The molecule has 0 bridgehead atoms. The van der Waals surface area contributed by atoms with E-state index in [9.17, 15) is 9.18 Å². The van der Waals surface area contributed by atoms with Crippen LogP contribution in [0.3, 0.4) is 0 Å². The van der Waals surface area contributed by atoms with Crippen molar-refractivity contribution in [3.05, 3.63) is 89.6 Å². The zero-order valence-electron chi connectivity index (χ0n) is 17.2. The number of aromatic nitrogens is 3. The predicted octanol–water partition coefficient (Wildman–Crippen LogP) is 3.88. The van der Waals surface area contributed by atoms with Gasteiger partial charge in [-0.05, 0) is 47.5 Å². The van der Waals surface area contributed by atoms with Crippen LogP contribution in [-0.4, -0.2) is 27.6 Å². The highest BCUT2D eigenvalue weighted by Gasteiger charge is 2.14. The summed E-state index contributed by atoms with van der Waals surface area (Å²) in [7, 11) is 1.64. The Morgan fingerprint density at radius 3 is 2.55 bits per heavy atom. The number of benzene rings is 2. The van der Waals surface area contributed by atoms with E-state index >= 15 is 0 Å². The summed E-state index contributed by atoms with van der Waals surface area (Å²) in [4.78, 5) is 21.5. The Kier molecular flexibility index (Phi) is 6.21. The van der Waals surface area contributed by atoms with Crippen LogP contribution >= 0.6 is 0 Å². The highest BCUT2D eigenvalue weighted by atomic mass is 19.1. The van der Waals surface area contributed by atoms with Crippen LogP contribution in [0.4, 0.5) is 4.39 Å². The topological polar surface area (TPSA) is 69.0 Å². The number of carbonyl (C=O) groups excluding carboxylic acids is 1. The van der Waals surface area contributed by atoms with Crippen molar-refractivity contribution >= 4 is 17.1 Å². The van der Waals surface area contributed by atoms with Gasteiger partial charge in [0.2, 0.25) is 5.91 Å². The standard InChI is InChI=1S/C24H23FN4O2/c1-31-20-10-6-18(7-11-20)16-29-22(28-21-3-2-14-26-24(21)29)12-13-23(30)27-15-17-4-8-19(25)9-5-17/h2-11,14H,12-13,15-16H2,1H3,(H,27,30). The van der Waals surface area contributed by atoms with Crippen LogP contribution in [0.1, 0.15) is 23.4 Å². The third kappa shape index (κ3) is 5.06. The Hall–Kier alpha value is -3.74. The summed E-state index contributed by atoms with van der Waals surface area (Å²) in [6.45, 7) is 0.965. The van der Waals surface area contributed by atoms with Gasteiger partial charge in [0.05, 0.1) is 13.7 Å². The summed E-state index contributed by atoms with van der Waals surface area (Å²) in [5.41, 5.74) is 3.54. The lowest BCUT2D eigenvalue weighted by atomic mass is 10.2. The molecule has 0 atom stereocenters. The van der Waals surface area contributed by atoms with Crippen LogP contribution in [-0.2, 0) is 24.3 Å². The molecule has 0 aliphatic rings. The molecule has 0 radical (unpaired) electrons. The minimum atomic E-state index is -0.292. The highest BCUT2D eigenvalue weighted by molar-refractivity contribution is 5.76. The number of hydrogen-bond donors (Lipinski definition) is 1. The monoisotopic (exact) mass is 418 g/mol. The summed E-state index contributed by atoms with van der Waals surface area (Å²) in [6.07, 6.45) is 2.53. The van der Waals surface area contributed by atoms with E-state index in [0.29, 0.717) is 25.9 Å². The average molecular weight is 418 g/mol. The van der Waals surface area contributed by atoms with Crippen LogP contribution in [0.25, 0.3) is 11.2 Å². The van der Waals surface area contributed by atoms with Gasteiger partial charge in [0.15, 0.2) is 5.65 Å². The molecular weight excluding hydrogens is 395 g/mol. The second kappa shape index (κ2) is 9.38. The van der Waals surface area contributed by atoms with Crippen LogP contribution < -0.4 is 10.1 Å². The van der Waals surface area contributed by atoms with Gasteiger partial charge in [0.25, 0.3) is 0 Å². The predicted molar refractivity (Wildman–Crippen MR) is 116 cm³/mol. The van der Waals surface area contributed by atoms with E-state index in [2.05, 4.69) is 10.3 Å². The fraction of sp³-hybridized carbons (Fsp3) is 0.208. The number of ether oxygens (including phenoxy) is 1. The van der Waals surface area contributed by atoms with Gasteiger partial charge < -0.3 is 14.6 Å². The normalized spacial score (nSPS) is 10.9. The summed E-state index contributed by atoms with van der Waals surface area (Å²) >= 11 is 0. The van der Waals surface area contributed by atoms with Gasteiger partial charge in [-0.25, -0.2) is 14.4 Å². The molecule has 0 aliphatic heterocycles. The number of methoxy groups -OCH3 is 1. The number of nitrogens with one attached hydrogen (secondary N) is 1. The van der Waals surface area contributed by atoms with Crippen molar-refractivity contribution in [2.75, 3.05) is 7.11 Å². The summed E-state index contributed by atoms with van der Waals surface area (Å²) in [6, 6.07) is 17.7. The average Bonchev–Trinajstić information content (AvgIpc) is 3.15. The minimum Gasteiger partial charge on any atom is -0.497 e. The van der Waals surface area contributed by atoms with E-state index in [1.165, 1.54) is 12.1 Å². The third-order valence-corrected chi connectivity index (χ3v) is 5.06. The first-order valence-corrected chi connectivity index (χ1v) is 10.1. The number of pyridine rings is 1. The molecule has 0 unspecified atom stereocenters. The number of imidazole rings is 1. The molecule has 0 saturated heterocycles. The van der Waals surface area contributed by atoms with Gasteiger partial charge in [0.1, 0.15) is 22.9 Å². The number of nitrogens with zero attached hydrogens (tertiary/aromatic N) is 3. The maximum absolute atomic E-state index is 13.0. The number of carbonyl (C=O) groups is 1. The summed E-state index contributed by atoms with van der Waals surface area (Å²) in [5.74, 6) is 1.23. The first kappa shape index (κ1) is 20.5. The Labute approximate surface area is 179 Å². The van der Waals surface area contributed by atoms with E-state index < -0.39 is 0 Å². The number of halogens is 1. The summed E-state index contributed by atoms with van der Waals surface area (Å²) < 4.78 is 20.3. The van der Waals surface area contributed by atoms with E-state index in [0.717, 1.165) is 33.9 Å². The van der Waals surface area contributed by atoms with Gasteiger partial charge in [-0.15, -0.1) is 0 Å². The van der Waals surface area contributed by atoms with Crippen molar-refractivity contribution in [1.29, 1.82) is 0 Å².